The SMILES string of the molecule is CC1CN(C(C(=O)N(C)Cc2cccc(O)c2)C(C)C)CC(C)O1. The van der Waals surface area contributed by atoms with Crippen molar-refractivity contribution in [1.29, 1.82) is 0 Å². The summed E-state index contributed by atoms with van der Waals surface area (Å²) in [7, 11) is 1.83. The van der Waals surface area contributed by atoms with Crippen LogP contribution < -0.4 is 0 Å². The normalized spacial score (nSPS) is 23.2. The molecule has 1 N–H and O–H groups in total. The summed E-state index contributed by atoms with van der Waals surface area (Å²) < 4.78 is 5.80. The summed E-state index contributed by atoms with van der Waals surface area (Å²) in [5.41, 5.74) is 0.928. The van der Waals surface area contributed by atoms with E-state index in [1.165, 1.54) is 0 Å². The van der Waals surface area contributed by atoms with E-state index in [-0.39, 0.29) is 35.8 Å². The predicted octanol–water partition coefficient (Wildman–Crippen LogP) is 2.48. The number of phenolic OH excluding ortho intramolecular Hbond substituents is 1. The van der Waals surface area contributed by atoms with Gasteiger partial charge in [0.15, 0.2) is 0 Å². The number of aromatic hydroxyl groups is 1. The summed E-state index contributed by atoms with van der Waals surface area (Å²) in [6.07, 6.45) is 0.276. The topological polar surface area (TPSA) is 53.0 Å². The highest BCUT2D eigenvalue weighted by molar-refractivity contribution is 5.82. The van der Waals surface area contributed by atoms with Crippen molar-refractivity contribution in [3.05, 3.63) is 29.8 Å². The highest BCUT2D eigenvalue weighted by Gasteiger charge is 2.35. The molecule has 3 atom stereocenters. The second-order valence-electron chi connectivity index (χ2n) is 7.26. The molecule has 1 fully saturated rings. The fourth-order valence-corrected chi connectivity index (χ4v) is 3.54. The van der Waals surface area contributed by atoms with E-state index in [2.05, 4.69) is 32.6 Å². The third-order valence-corrected chi connectivity index (χ3v) is 4.43. The summed E-state index contributed by atoms with van der Waals surface area (Å²) in [5, 5.41) is 9.60. The van der Waals surface area contributed by atoms with Crippen LogP contribution in [0.15, 0.2) is 24.3 Å². The molecular formula is C19H30N2O3. The van der Waals surface area contributed by atoms with Gasteiger partial charge in [-0.1, -0.05) is 26.0 Å². The third kappa shape index (κ3) is 4.71. The molecule has 24 heavy (non-hydrogen) atoms. The molecule has 1 aliphatic heterocycles. The maximum Gasteiger partial charge on any atom is 0.240 e. The molecule has 2 rings (SSSR count). The smallest absolute Gasteiger partial charge is 0.240 e. The number of hydrogen-bond acceptors (Lipinski definition) is 4. The summed E-state index contributed by atoms with van der Waals surface area (Å²) >= 11 is 0. The molecule has 0 saturated carbocycles. The Morgan fingerprint density at radius 1 is 1.33 bits per heavy atom. The lowest BCUT2D eigenvalue weighted by Crippen LogP contribution is -2.57. The van der Waals surface area contributed by atoms with E-state index in [1.807, 2.05) is 13.1 Å². The van der Waals surface area contributed by atoms with E-state index < -0.39 is 0 Å². The van der Waals surface area contributed by atoms with Crippen LogP contribution in [0, 0.1) is 5.92 Å². The fourth-order valence-electron chi connectivity index (χ4n) is 3.54. The van der Waals surface area contributed by atoms with E-state index in [1.54, 1.807) is 23.1 Å². The number of amides is 1. The first-order valence-electron chi connectivity index (χ1n) is 8.70. The van der Waals surface area contributed by atoms with Crippen LogP contribution in [0.25, 0.3) is 0 Å². The Morgan fingerprint density at radius 2 is 1.96 bits per heavy atom. The van der Waals surface area contributed by atoms with Gasteiger partial charge in [0.2, 0.25) is 5.91 Å². The van der Waals surface area contributed by atoms with Crippen LogP contribution in [0.1, 0.15) is 33.3 Å². The zero-order chi connectivity index (χ0) is 17.9. The van der Waals surface area contributed by atoms with Gasteiger partial charge in [-0.25, -0.2) is 0 Å². The molecule has 0 spiro atoms. The largest absolute Gasteiger partial charge is 0.508 e. The minimum Gasteiger partial charge on any atom is -0.508 e. The highest BCUT2D eigenvalue weighted by atomic mass is 16.5. The Balaban J connectivity index is 2.10. The van der Waals surface area contributed by atoms with Crippen molar-refractivity contribution in [3.63, 3.8) is 0 Å². The average Bonchev–Trinajstić information content (AvgIpc) is 2.45. The summed E-state index contributed by atoms with van der Waals surface area (Å²) in [5.74, 6) is 0.570. The molecule has 0 bridgehead atoms. The number of likely N-dealkylation sites (N-methyl/N-ethyl adjacent to an activating group) is 1. The summed E-state index contributed by atoms with van der Waals surface area (Å²) in [4.78, 5) is 17.1. The lowest BCUT2D eigenvalue weighted by Gasteiger charge is -2.42. The molecule has 0 aliphatic carbocycles. The number of carbonyl (C=O) groups is 1. The van der Waals surface area contributed by atoms with Crippen molar-refractivity contribution in [1.82, 2.24) is 9.80 Å². The Hall–Kier alpha value is -1.59. The number of ether oxygens (including phenoxy) is 1. The Labute approximate surface area is 145 Å². The molecule has 1 aromatic rings. The van der Waals surface area contributed by atoms with Crippen molar-refractivity contribution in [2.45, 2.75) is 52.5 Å². The van der Waals surface area contributed by atoms with Crippen LogP contribution >= 0.6 is 0 Å². The van der Waals surface area contributed by atoms with Crippen molar-refractivity contribution < 1.29 is 14.6 Å². The van der Waals surface area contributed by atoms with Crippen molar-refractivity contribution >= 4 is 5.91 Å². The first-order valence-corrected chi connectivity index (χ1v) is 8.70. The van der Waals surface area contributed by atoms with Gasteiger partial charge in [0.25, 0.3) is 0 Å². The molecule has 1 heterocycles. The van der Waals surface area contributed by atoms with Crippen LogP contribution in [-0.2, 0) is 16.1 Å². The first kappa shape index (κ1) is 18.7. The third-order valence-electron chi connectivity index (χ3n) is 4.43. The van der Waals surface area contributed by atoms with Crippen LogP contribution in [0.4, 0.5) is 0 Å². The molecule has 3 unspecified atom stereocenters. The molecular weight excluding hydrogens is 304 g/mol. The molecule has 5 heteroatoms. The minimum absolute atomic E-state index is 0.120. The van der Waals surface area contributed by atoms with E-state index in [0.29, 0.717) is 6.54 Å². The van der Waals surface area contributed by atoms with Gasteiger partial charge in [-0.05, 0) is 37.5 Å². The van der Waals surface area contributed by atoms with Gasteiger partial charge in [-0.15, -0.1) is 0 Å². The number of nitrogens with zero attached hydrogens (tertiary/aromatic N) is 2. The van der Waals surface area contributed by atoms with Crippen LogP contribution in [0.2, 0.25) is 0 Å². The van der Waals surface area contributed by atoms with Gasteiger partial charge in [0.1, 0.15) is 5.75 Å². The number of carbonyl (C=O) groups excluding carboxylic acids is 1. The standard InChI is InChI=1S/C19H30N2O3/c1-13(2)18(21-10-14(3)24-15(4)11-21)19(23)20(5)12-16-7-6-8-17(22)9-16/h6-9,13-15,18,22H,10-12H2,1-5H3. The highest BCUT2D eigenvalue weighted by Crippen LogP contribution is 2.21. The second kappa shape index (κ2) is 7.99. The molecule has 1 saturated heterocycles. The maximum absolute atomic E-state index is 13.1. The van der Waals surface area contributed by atoms with Gasteiger partial charge >= 0.3 is 0 Å². The molecule has 0 radical (unpaired) electrons. The maximum atomic E-state index is 13.1. The van der Waals surface area contributed by atoms with E-state index in [4.69, 9.17) is 4.74 Å². The molecule has 0 aromatic heterocycles. The molecule has 1 aromatic carbocycles. The number of benzene rings is 1. The number of rotatable bonds is 5. The molecule has 134 valence electrons. The molecule has 5 nitrogen and oxygen atoms in total. The van der Waals surface area contributed by atoms with Gasteiger partial charge < -0.3 is 14.7 Å². The van der Waals surface area contributed by atoms with Crippen LogP contribution in [0.5, 0.6) is 5.75 Å². The van der Waals surface area contributed by atoms with Gasteiger partial charge in [-0.3, -0.25) is 9.69 Å². The monoisotopic (exact) mass is 334 g/mol. The van der Waals surface area contributed by atoms with E-state index in [0.717, 1.165) is 18.7 Å². The van der Waals surface area contributed by atoms with E-state index in [9.17, 15) is 9.90 Å². The fraction of sp³-hybridized carbons (Fsp3) is 0.632. The number of hydrogen-bond donors (Lipinski definition) is 1. The Kier molecular flexibility index (Phi) is 6.24. The lowest BCUT2D eigenvalue weighted by atomic mass is 9.99. The van der Waals surface area contributed by atoms with Crippen molar-refractivity contribution in [2.75, 3.05) is 20.1 Å². The minimum atomic E-state index is -0.152. The van der Waals surface area contributed by atoms with Gasteiger partial charge in [-0.2, -0.15) is 0 Å². The van der Waals surface area contributed by atoms with Crippen molar-refractivity contribution in [3.8, 4) is 5.75 Å². The quantitative estimate of drug-likeness (QED) is 0.899. The Morgan fingerprint density at radius 3 is 2.50 bits per heavy atom. The van der Waals surface area contributed by atoms with Crippen LogP contribution in [0.3, 0.4) is 0 Å². The first-order chi connectivity index (χ1) is 11.3. The number of morpholine rings is 1. The molecule has 1 amide bonds. The van der Waals surface area contributed by atoms with Gasteiger partial charge in [0.05, 0.1) is 18.2 Å². The zero-order valence-corrected chi connectivity index (χ0v) is 15.4. The second-order valence-corrected chi connectivity index (χ2v) is 7.26. The average molecular weight is 334 g/mol. The summed E-state index contributed by atoms with van der Waals surface area (Å²) in [6.45, 7) is 10.3. The predicted molar refractivity (Wildman–Crippen MR) is 94.8 cm³/mol. The zero-order valence-electron chi connectivity index (χ0n) is 15.4. The van der Waals surface area contributed by atoms with E-state index >= 15 is 0 Å². The molecule has 1 aliphatic rings. The lowest BCUT2D eigenvalue weighted by molar-refractivity contribution is -0.144. The van der Waals surface area contributed by atoms with Crippen molar-refractivity contribution in [2.24, 2.45) is 5.92 Å². The van der Waals surface area contributed by atoms with Gasteiger partial charge in [0, 0.05) is 26.7 Å². The summed E-state index contributed by atoms with van der Waals surface area (Å²) in [6, 6.07) is 6.91. The Bertz CT molecular complexity index is 551. The number of phenols is 1. The van der Waals surface area contributed by atoms with Crippen LogP contribution in [-0.4, -0.2) is 59.2 Å².